The second-order valence-electron chi connectivity index (χ2n) is 4.55. The Morgan fingerprint density at radius 2 is 2.16 bits per heavy atom. The Kier molecular flexibility index (Phi) is 4.75. The lowest BCUT2D eigenvalue weighted by molar-refractivity contribution is -0.137. The molecule has 0 heterocycles. The van der Waals surface area contributed by atoms with Crippen molar-refractivity contribution >= 4 is 17.8 Å². The van der Waals surface area contributed by atoms with Gasteiger partial charge in [0.1, 0.15) is 0 Å². The zero-order chi connectivity index (χ0) is 14.5. The number of carbonyl (C=O) groups is 1. The number of aliphatic hydroxyl groups is 1. The van der Waals surface area contributed by atoms with E-state index in [1.165, 1.54) is 7.11 Å². The van der Waals surface area contributed by atoms with Crippen LogP contribution in [0.25, 0.3) is 11.6 Å². The van der Waals surface area contributed by atoms with Crippen LogP contribution < -0.4 is 0 Å². The molecule has 0 saturated carbocycles. The highest BCUT2D eigenvalue weighted by Crippen LogP contribution is 2.11. The summed E-state index contributed by atoms with van der Waals surface area (Å²) >= 11 is 0. The van der Waals surface area contributed by atoms with Gasteiger partial charge in [0.2, 0.25) is 0 Å². The minimum absolute atomic E-state index is 0.166. The van der Waals surface area contributed by atoms with Crippen LogP contribution in [0.15, 0.2) is 30.3 Å². The molecule has 0 aliphatic rings. The van der Waals surface area contributed by atoms with Crippen molar-refractivity contribution in [1.29, 1.82) is 0 Å². The summed E-state index contributed by atoms with van der Waals surface area (Å²) in [6.07, 6.45) is 3.34. The van der Waals surface area contributed by atoms with Crippen molar-refractivity contribution in [1.82, 2.24) is 0 Å². The fourth-order valence-electron chi connectivity index (χ4n) is 1.40. The predicted molar refractivity (Wildman–Crippen MR) is 71.5 cm³/mol. The van der Waals surface area contributed by atoms with Crippen LogP contribution in [0.3, 0.4) is 0 Å². The molecule has 0 saturated heterocycles. The number of hydrogen-bond donors (Lipinski definition) is 1. The van der Waals surface area contributed by atoms with E-state index in [-0.39, 0.29) is 5.71 Å². The van der Waals surface area contributed by atoms with Gasteiger partial charge in [-0.3, -0.25) is 0 Å². The maximum absolute atomic E-state index is 11.4. The van der Waals surface area contributed by atoms with Crippen LogP contribution >= 0.6 is 0 Å². The van der Waals surface area contributed by atoms with Gasteiger partial charge in [0, 0.05) is 0 Å². The molecule has 1 N–H and O–H groups in total. The average molecular weight is 260 g/mol. The summed E-state index contributed by atoms with van der Waals surface area (Å²) in [6, 6.07) is 6.81. The van der Waals surface area contributed by atoms with E-state index < -0.39 is 11.6 Å². The molecule has 0 atom stereocenters. The molecule has 0 aliphatic carbocycles. The second kappa shape index (κ2) is 6.09. The van der Waals surface area contributed by atoms with Crippen LogP contribution in [0, 0.1) is 0 Å². The number of esters is 1. The summed E-state index contributed by atoms with van der Waals surface area (Å²) in [6.45, 7) is 3.31. The van der Waals surface area contributed by atoms with Crippen molar-refractivity contribution in [3.05, 3.63) is 47.0 Å². The quantitative estimate of drug-likeness (QED) is 0.387. The Morgan fingerprint density at radius 3 is 2.68 bits per heavy atom. The number of ether oxygens (including phenoxy) is 1. The van der Waals surface area contributed by atoms with Crippen molar-refractivity contribution in [2.45, 2.75) is 19.4 Å². The normalized spacial score (nSPS) is 11.2. The SMILES string of the molecule is COC(=O)C(=[N+]=[N-])c1cccc(/C=C/C(C)(C)O)c1. The molecule has 5 nitrogen and oxygen atoms in total. The summed E-state index contributed by atoms with van der Waals surface area (Å²) < 4.78 is 4.52. The first kappa shape index (κ1) is 14.8. The Bertz CT molecular complexity index is 550. The molecule has 0 aliphatic heterocycles. The van der Waals surface area contributed by atoms with E-state index in [9.17, 15) is 9.90 Å². The molecule has 0 bridgehead atoms. The molecular formula is C14H16N2O3. The Morgan fingerprint density at radius 1 is 1.47 bits per heavy atom. The van der Waals surface area contributed by atoms with Crippen LogP contribution in [0.4, 0.5) is 0 Å². The summed E-state index contributed by atoms with van der Waals surface area (Å²) in [7, 11) is 1.21. The van der Waals surface area contributed by atoms with Gasteiger partial charge in [-0.1, -0.05) is 24.3 Å². The van der Waals surface area contributed by atoms with Crippen molar-refractivity contribution in [2.75, 3.05) is 7.11 Å². The molecule has 1 aromatic carbocycles. The number of hydrogen-bond acceptors (Lipinski definition) is 3. The molecule has 19 heavy (non-hydrogen) atoms. The van der Waals surface area contributed by atoms with Gasteiger partial charge in [-0.2, -0.15) is 4.79 Å². The van der Waals surface area contributed by atoms with Crippen LogP contribution in [0.5, 0.6) is 0 Å². The third-order valence-corrected chi connectivity index (χ3v) is 2.32. The summed E-state index contributed by atoms with van der Waals surface area (Å²) in [5, 5.41) is 9.61. The molecule has 1 aromatic rings. The van der Waals surface area contributed by atoms with Crippen molar-refractivity contribution in [3.63, 3.8) is 0 Å². The van der Waals surface area contributed by atoms with Gasteiger partial charge >= 0.3 is 11.7 Å². The highest BCUT2D eigenvalue weighted by molar-refractivity contribution is 6.40. The highest BCUT2D eigenvalue weighted by atomic mass is 16.5. The van der Waals surface area contributed by atoms with Gasteiger partial charge in [-0.05, 0) is 31.5 Å². The molecule has 0 radical (unpaired) electrons. The first-order chi connectivity index (χ1) is 8.87. The standard InChI is InChI=1S/C14H16N2O3/c1-14(2,18)8-7-10-5-4-6-11(9-10)12(16-15)13(17)19-3/h4-9,18H,1-3H3/b8-7+. The Balaban J connectivity index is 3.11. The molecule has 0 fully saturated rings. The van der Waals surface area contributed by atoms with Gasteiger partial charge in [0.05, 0.1) is 18.3 Å². The molecule has 0 aromatic heterocycles. The van der Waals surface area contributed by atoms with Crippen molar-refractivity contribution in [3.8, 4) is 0 Å². The van der Waals surface area contributed by atoms with E-state index in [0.29, 0.717) is 5.56 Å². The number of methoxy groups -OCH3 is 1. The minimum Gasteiger partial charge on any atom is -0.460 e. The predicted octanol–water partition coefficient (Wildman–Crippen LogP) is 1.66. The lowest BCUT2D eigenvalue weighted by atomic mass is 10.0. The molecule has 1 rings (SSSR count). The van der Waals surface area contributed by atoms with Crippen LogP contribution in [-0.2, 0) is 9.53 Å². The van der Waals surface area contributed by atoms with E-state index in [2.05, 4.69) is 9.53 Å². The summed E-state index contributed by atoms with van der Waals surface area (Å²) in [4.78, 5) is 14.3. The third-order valence-electron chi connectivity index (χ3n) is 2.32. The smallest absolute Gasteiger partial charge is 0.422 e. The number of nitrogens with zero attached hydrogens (tertiary/aromatic N) is 2. The summed E-state index contributed by atoms with van der Waals surface area (Å²) in [5.41, 5.74) is 8.98. The zero-order valence-electron chi connectivity index (χ0n) is 11.1. The van der Waals surface area contributed by atoms with Gasteiger partial charge in [-0.25, -0.2) is 4.79 Å². The van der Waals surface area contributed by atoms with Gasteiger partial charge in [0.15, 0.2) is 0 Å². The Labute approximate surface area is 111 Å². The van der Waals surface area contributed by atoms with E-state index >= 15 is 0 Å². The van der Waals surface area contributed by atoms with E-state index in [1.807, 2.05) is 0 Å². The summed E-state index contributed by atoms with van der Waals surface area (Å²) in [5.74, 6) is -0.717. The Hall–Kier alpha value is -2.23. The van der Waals surface area contributed by atoms with Gasteiger partial charge in [-0.15, -0.1) is 0 Å². The van der Waals surface area contributed by atoms with Crippen LogP contribution in [0.1, 0.15) is 25.0 Å². The van der Waals surface area contributed by atoms with Crippen molar-refractivity contribution < 1.29 is 19.4 Å². The molecular weight excluding hydrogens is 244 g/mol. The van der Waals surface area contributed by atoms with Crippen LogP contribution in [-0.4, -0.2) is 34.3 Å². The fraction of sp³-hybridized carbons (Fsp3) is 0.286. The number of benzene rings is 1. The fourth-order valence-corrected chi connectivity index (χ4v) is 1.40. The second-order valence-corrected chi connectivity index (χ2v) is 4.55. The van der Waals surface area contributed by atoms with E-state index in [4.69, 9.17) is 5.53 Å². The van der Waals surface area contributed by atoms with Gasteiger partial charge < -0.3 is 15.4 Å². The molecule has 5 heteroatoms. The maximum Gasteiger partial charge on any atom is 0.422 e. The average Bonchev–Trinajstić information content (AvgIpc) is 2.37. The minimum atomic E-state index is -0.924. The van der Waals surface area contributed by atoms with Crippen LogP contribution in [0.2, 0.25) is 0 Å². The van der Waals surface area contributed by atoms with Crippen molar-refractivity contribution in [2.24, 2.45) is 0 Å². The zero-order valence-corrected chi connectivity index (χ0v) is 11.1. The highest BCUT2D eigenvalue weighted by Gasteiger charge is 2.23. The number of rotatable bonds is 4. The van der Waals surface area contributed by atoms with Gasteiger partial charge in [0.25, 0.3) is 0 Å². The van der Waals surface area contributed by atoms with E-state index in [1.54, 1.807) is 50.3 Å². The molecule has 0 spiro atoms. The molecule has 0 amide bonds. The molecule has 0 unspecified atom stereocenters. The first-order valence-corrected chi connectivity index (χ1v) is 5.70. The lowest BCUT2D eigenvalue weighted by Gasteiger charge is -2.10. The monoisotopic (exact) mass is 260 g/mol. The largest absolute Gasteiger partial charge is 0.460 e. The van der Waals surface area contributed by atoms with E-state index in [0.717, 1.165) is 5.56 Å². The lowest BCUT2D eigenvalue weighted by Crippen LogP contribution is -2.18. The molecule has 100 valence electrons. The first-order valence-electron chi connectivity index (χ1n) is 5.70. The number of carbonyl (C=O) groups excluding carboxylic acids is 1. The maximum atomic E-state index is 11.4. The topological polar surface area (TPSA) is 82.9 Å². The third kappa shape index (κ3) is 4.50.